The van der Waals surface area contributed by atoms with E-state index in [4.69, 9.17) is 9.26 Å². The van der Waals surface area contributed by atoms with Crippen LogP contribution in [0.3, 0.4) is 0 Å². The van der Waals surface area contributed by atoms with Gasteiger partial charge in [-0.2, -0.15) is 4.98 Å². The van der Waals surface area contributed by atoms with E-state index in [1.165, 1.54) is 25.7 Å². The Kier molecular flexibility index (Phi) is 4.91. The minimum atomic E-state index is 0.134. The van der Waals surface area contributed by atoms with E-state index in [2.05, 4.69) is 10.1 Å². The number of piperidine rings is 1. The molecule has 1 amide bonds. The average molecular weight is 355 g/mol. The molecule has 1 aliphatic carbocycles. The van der Waals surface area contributed by atoms with E-state index in [9.17, 15) is 4.79 Å². The van der Waals surface area contributed by atoms with Crippen LogP contribution >= 0.6 is 0 Å². The molecule has 2 aliphatic rings. The molecule has 26 heavy (non-hydrogen) atoms. The summed E-state index contributed by atoms with van der Waals surface area (Å²) in [5, 5.41) is 3.80. The molecule has 1 aromatic heterocycles. The van der Waals surface area contributed by atoms with Crippen molar-refractivity contribution in [3.8, 4) is 5.75 Å². The minimum absolute atomic E-state index is 0.134. The predicted octanol–water partition coefficient (Wildman–Crippen LogP) is 3.61. The second-order valence-electron chi connectivity index (χ2n) is 7.39. The first-order valence-corrected chi connectivity index (χ1v) is 9.50. The van der Waals surface area contributed by atoms with Gasteiger partial charge in [-0.15, -0.1) is 0 Å². The van der Waals surface area contributed by atoms with E-state index < -0.39 is 0 Å². The number of amides is 1. The highest BCUT2D eigenvalue weighted by Crippen LogP contribution is 2.36. The highest BCUT2D eigenvalue weighted by molar-refractivity contribution is 5.94. The molecule has 138 valence electrons. The smallest absolute Gasteiger partial charge is 0.253 e. The number of carbonyl (C=O) groups excluding carboxylic acids is 1. The normalized spacial score (nSPS) is 22.7. The molecule has 1 aromatic carbocycles. The summed E-state index contributed by atoms with van der Waals surface area (Å²) in [7, 11) is 0. The zero-order valence-corrected chi connectivity index (χ0v) is 15.2. The monoisotopic (exact) mass is 355 g/mol. The van der Waals surface area contributed by atoms with Gasteiger partial charge in [0.25, 0.3) is 5.91 Å². The molecule has 2 unspecified atom stereocenters. The zero-order valence-electron chi connectivity index (χ0n) is 15.2. The van der Waals surface area contributed by atoms with Crippen molar-refractivity contribution in [2.75, 3.05) is 13.1 Å². The molecular formula is C20H25N3O3. The van der Waals surface area contributed by atoms with E-state index in [-0.39, 0.29) is 12.5 Å². The highest BCUT2D eigenvalue weighted by atomic mass is 16.5. The van der Waals surface area contributed by atoms with Gasteiger partial charge in [0, 0.05) is 25.6 Å². The Hall–Kier alpha value is -2.37. The first-order valence-electron chi connectivity index (χ1n) is 9.50. The molecule has 0 spiro atoms. The van der Waals surface area contributed by atoms with Gasteiger partial charge >= 0.3 is 0 Å². The molecule has 2 atom stereocenters. The minimum Gasteiger partial charge on any atom is -0.485 e. The highest BCUT2D eigenvalue weighted by Gasteiger charge is 2.33. The zero-order chi connectivity index (χ0) is 17.9. The molecule has 1 saturated carbocycles. The molecule has 2 heterocycles. The van der Waals surface area contributed by atoms with Gasteiger partial charge in [-0.3, -0.25) is 4.79 Å². The molecule has 0 bridgehead atoms. The third-order valence-corrected chi connectivity index (χ3v) is 5.62. The molecular weight excluding hydrogens is 330 g/mol. The van der Waals surface area contributed by atoms with Crippen LogP contribution in [0, 0.1) is 18.8 Å². The van der Waals surface area contributed by atoms with Gasteiger partial charge in [-0.1, -0.05) is 24.4 Å². The second-order valence-corrected chi connectivity index (χ2v) is 7.39. The van der Waals surface area contributed by atoms with Crippen molar-refractivity contribution < 1.29 is 14.1 Å². The Balaban J connectivity index is 1.34. The summed E-state index contributed by atoms with van der Waals surface area (Å²) in [5.74, 6) is 3.38. The van der Waals surface area contributed by atoms with Crippen LogP contribution in [0.1, 0.15) is 54.2 Å². The number of carbonyl (C=O) groups is 1. The van der Waals surface area contributed by atoms with E-state index >= 15 is 0 Å². The number of hydrogen-bond acceptors (Lipinski definition) is 5. The number of ether oxygens (including phenoxy) is 1. The van der Waals surface area contributed by atoms with E-state index in [0.29, 0.717) is 23.4 Å². The van der Waals surface area contributed by atoms with E-state index in [1.807, 2.05) is 29.2 Å². The van der Waals surface area contributed by atoms with Crippen molar-refractivity contribution in [2.24, 2.45) is 11.8 Å². The van der Waals surface area contributed by atoms with Crippen LogP contribution in [0.25, 0.3) is 0 Å². The predicted molar refractivity (Wildman–Crippen MR) is 95.8 cm³/mol. The van der Waals surface area contributed by atoms with Gasteiger partial charge in [0.15, 0.2) is 6.61 Å². The number of rotatable bonds is 4. The molecule has 0 N–H and O–H groups in total. The number of benzene rings is 1. The van der Waals surface area contributed by atoms with Crippen LogP contribution in [0.2, 0.25) is 0 Å². The Morgan fingerprint density at radius 3 is 2.69 bits per heavy atom. The lowest BCUT2D eigenvalue weighted by Gasteiger charge is -2.41. The first kappa shape index (κ1) is 17.1. The maximum Gasteiger partial charge on any atom is 0.253 e. The SMILES string of the molecule is Cc1nc(COc2ccc(C(=O)N3CCC4CCCCC4C3)cc2)no1. The summed E-state index contributed by atoms with van der Waals surface area (Å²) >= 11 is 0. The topological polar surface area (TPSA) is 68.5 Å². The Bertz CT molecular complexity index is 756. The fourth-order valence-electron chi connectivity index (χ4n) is 4.21. The maximum atomic E-state index is 12.8. The van der Waals surface area contributed by atoms with Gasteiger partial charge in [0.1, 0.15) is 5.75 Å². The number of aryl methyl sites for hydroxylation is 1. The fourth-order valence-corrected chi connectivity index (χ4v) is 4.21. The first-order chi connectivity index (χ1) is 12.7. The van der Waals surface area contributed by atoms with Gasteiger partial charge in [-0.05, 0) is 48.9 Å². The Morgan fingerprint density at radius 2 is 1.96 bits per heavy atom. The standard InChI is InChI=1S/C20H25N3O3/c1-14-21-19(22-26-14)13-25-18-8-6-16(7-9-18)20(24)23-11-10-15-4-2-3-5-17(15)12-23/h6-9,15,17H,2-5,10-13H2,1H3. The van der Waals surface area contributed by atoms with Crippen LogP contribution in [-0.2, 0) is 6.61 Å². The van der Waals surface area contributed by atoms with Crippen LogP contribution < -0.4 is 4.74 Å². The van der Waals surface area contributed by atoms with Crippen LogP contribution in [0.15, 0.2) is 28.8 Å². The summed E-state index contributed by atoms with van der Waals surface area (Å²) in [6.07, 6.45) is 6.45. The Labute approximate surface area is 153 Å². The number of likely N-dealkylation sites (tertiary alicyclic amines) is 1. The average Bonchev–Trinajstić information content (AvgIpc) is 3.11. The maximum absolute atomic E-state index is 12.8. The largest absolute Gasteiger partial charge is 0.485 e. The molecule has 0 radical (unpaired) electrons. The lowest BCUT2D eigenvalue weighted by molar-refractivity contribution is 0.0521. The van der Waals surface area contributed by atoms with Gasteiger partial charge in [-0.25, -0.2) is 0 Å². The van der Waals surface area contributed by atoms with Gasteiger partial charge in [0.2, 0.25) is 11.7 Å². The summed E-state index contributed by atoms with van der Waals surface area (Å²) in [6.45, 7) is 3.79. The number of fused-ring (bicyclic) bond motifs is 1. The second kappa shape index (κ2) is 7.48. The molecule has 6 heteroatoms. The molecule has 2 aromatic rings. The molecule has 6 nitrogen and oxygen atoms in total. The number of hydrogen-bond donors (Lipinski definition) is 0. The van der Waals surface area contributed by atoms with E-state index in [0.717, 1.165) is 31.0 Å². The molecule has 4 rings (SSSR count). The van der Waals surface area contributed by atoms with Crippen molar-refractivity contribution in [2.45, 2.75) is 45.6 Å². The van der Waals surface area contributed by atoms with Gasteiger partial charge in [0.05, 0.1) is 0 Å². The summed E-state index contributed by atoms with van der Waals surface area (Å²) in [4.78, 5) is 19.0. The van der Waals surface area contributed by atoms with Crippen molar-refractivity contribution >= 4 is 5.91 Å². The quantitative estimate of drug-likeness (QED) is 0.838. The Morgan fingerprint density at radius 1 is 1.19 bits per heavy atom. The fraction of sp³-hybridized carbons (Fsp3) is 0.550. The molecule has 2 fully saturated rings. The lowest BCUT2D eigenvalue weighted by atomic mass is 9.75. The van der Waals surface area contributed by atoms with Crippen LogP contribution in [0.5, 0.6) is 5.75 Å². The summed E-state index contributed by atoms with van der Waals surface area (Å²) in [6, 6.07) is 7.33. The third kappa shape index (κ3) is 3.74. The number of nitrogens with zero attached hydrogens (tertiary/aromatic N) is 3. The molecule has 1 saturated heterocycles. The van der Waals surface area contributed by atoms with Crippen LogP contribution in [0.4, 0.5) is 0 Å². The summed E-state index contributed by atoms with van der Waals surface area (Å²) < 4.78 is 10.6. The van der Waals surface area contributed by atoms with Crippen molar-refractivity contribution in [1.82, 2.24) is 15.0 Å². The number of aromatic nitrogens is 2. The van der Waals surface area contributed by atoms with Crippen molar-refractivity contribution in [1.29, 1.82) is 0 Å². The molecule has 1 aliphatic heterocycles. The summed E-state index contributed by atoms with van der Waals surface area (Å²) in [5.41, 5.74) is 0.724. The van der Waals surface area contributed by atoms with Crippen LogP contribution in [-0.4, -0.2) is 34.0 Å². The van der Waals surface area contributed by atoms with Crippen molar-refractivity contribution in [3.63, 3.8) is 0 Å². The third-order valence-electron chi connectivity index (χ3n) is 5.62. The van der Waals surface area contributed by atoms with E-state index in [1.54, 1.807) is 6.92 Å². The van der Waals surface area contributed by atoms with Gasteiger partial charge < -0.3 is 14.2 Å². The lowest BCUT2D eigenvalue weighted by Crippen LogP contribution is -2.44. The van der Waals surface area contributed by atoms with Crippen molar-refractivity contribution in [3.05, 3.63) is 41.5 Å².